The average Bonchev–Trinajstić information content (AvgIpc) is 2.32. The summed E-state index contributed by atoms with van der Waals surface area (Å²) >= 11 is 5.18. The highest BCUT2D eigenvalue weighted by Crippen LogP contribution is 2.13. The lowest BCUT2D eigenvalue weighted by Crippen LogP contribution is -2.04. The van der Waals surface area contributed by atoms with Gasteiger partial charge in [-0.2, -0.15) is 0 Å². The lowest BCUT2D eigenvalue weighted by molar-refractivity contribution is 0.580. The van der Waals surface area contributed by atoms with Crippen LogP contribution in [0.1, 0.15) is 29.6 Å². The van der Waals surface area contributed by atoms with Crippen molar-refractivity contribution in [1.29, 1.82) is 0 Å². The van der Waals surface area contributed by atoms with E-state index in [9.17, 15) is 8.78 Å². The molecule has 1 heterocycles. The molecule has 19 heavy (non-hydrogen) atoms. The van der Waals surface area contributed by atoms with Crippen LogP contribution in [-0.2, 0) is 12.8 Å². The van der Waals surface area contributed by atoms with E-state index in [4.69, 9.17) is 12.2 Å². The Bertz CT molecular complexity index is 645. The number of hydrogen-bond donors (Lipinski definition) is 1. The molecule has 1 aromatic carbocycles. The van der Waals surface area contributed by atoms with Crippen molar-refractivity contribution in [3.05, 3.63) is 57.1 Å². The summed E-state index contributed by atoms with van der Waals surface area (Å²) in [5.41, 5.74) is 2.49. The van der Waals surface area contributed by atoms with E-state index in [2.05, 4.69) is 9.97 Å². The van der Waals surface area contributed by atoms with Gasteiger partial charge in [-0.25, -0.2) is 13.8 Å². The summed E-state index contributed by atoms with van der Waals surface area (Å²) in [6.07, 6.45) is 1.13. The van der Waals surface area contributed by atoms with Crippen LogP contribution < -0.4 is 0 Å². The summed E-state index contributed by atoms with van der Waals surface area (Å²) in [6.45, 7) is 3.93. The molecule has 0 bridgehead atoms. The summed E-state index contributed by atoms with van der Waals surface area (Å²) in [5, 5.41) is 0. The Balaban J connectivity index is 2.38. The molecule has 0 atom stereocenters. The number of benzene rings is 1. The average molecular weight is 280 g/mol. The number of rotatable bonds is 3. The zero-order chi connectivity index (χ0) is 14.0. The minimum absolute atomic E-state index is 0.325. The number of halogens is 2. The molecule has 1 aromatic heterocycles. The first kappa shape index (κ1) is 13.8. The van der Waals surface area contributed by atoms with Crippen molar-refractivity contribution >= 4 is 12.2 Å². The van der Waals surface area contributed by atoms with E-state index in [0.29, 0.717) is 22.4 Å². The molecule has 0 unspecified atom stereocenters. The largest absolute Gasteiger partial charge is 0.347 e. The van der Waals surface area contributed by atoms with Gasteiger partial charge in [-0.3, -0.25) is 0 Å². The third-order valence-corrected chi connectivity index (χ3v) is 3.35. The van der Waals surface area contributed by atoms with Crippen LogP contribution >= 0.6 is 12.2 Å². The van der Waals surface area contributed by atoms with Crippen molar-refractivity contribution < 1.29 is 8.78 Å². The second-order valence-corrected chi connectivity index (χ2v) is 4.79. The molecule has 0 aliphatic heterocycles. The van der Waals surface area contributed by atoms with E-state index < -0.39 is 11.6 Å². The molecular formula is C14H14F2N2S. The van der Waals surface area contributed by atoms with Crippen LogP contribution in [0, 0.1) is 23.2 Å². The van der Waals surface area contributed by atoms with E-state index >= 15 is 0 Å². The number of H-pyrrole nitrogens is 1. The third kappa shape index (κ3) is 3.23. The number of nitrogens with one attached hydrogen (secondary N) is 1. The van der Waals surface area contributed by atoms with E-state index in [1.807, 2.05) is 13.8 Å². The van der Waals surface area contributed by atoms with Crippen LogP contribution in [0.25, 0.3) is 0 Å². The van der Waals surface area contributed by atoms with Crippen molar-refractivity contribution in [3.8, 4) is 0 Å². The van der Waals surface area contributed by atoms with Gasteiger partial charge >= 0.3 is 0 Å². The first-order chi connectivity index (χ1) is 8.99. The summed E-state index contributed by atoms with van der Waals surface area (Å²) in [7, 11) is 0. The Morgan fingerprint density at radius 2 is 1.84 bits per heavy atom. The van der Waals surface area contributed by atoms with Crippen molar-refractivity contribution in [2.45, 2.75) is 26.7 Å². The smallest absolute Gasteiger partial charge is 0.132 e. The van der Waals surface area contributed by atoms with Gasteiger partial charge in [0, 0.05) is 23.7 Å². The van der Waals surface area contributed by atoms with Crippen molar-refractivity contribution in [3.63, 3.8) is 0 Å². The van der Waals surface area contributed by atoms with Crippen LogP contribution in [0.2, 0.25) is 0 Å². The quantitative estimate of drug-likeness (QED) is 0.864. The Morgan fingerprint density at radius 3 is 2.42 bits per heavy atom. The van der Waals surface area contributed by atoms with Crippen LogP contribution in [0.5, 0.6) is 0 Å². The maximum atomic E-state index is 13.1. The first-order valence-corrected chi connectivity index (χ1v) is 6.44. The normalized spacial score (nSPS) is 10.7. The van der Waals surface area contributed by atoms with E-state index in [1.165, 1.54) is 12.1 Å². The van der Waals surface area contributed by atoms with Crippen LogP contribution in [0.4, 0.5) is 8.78 Å². The van der Waals surface area contributed by atoms with E-state index in [-0.39, 0.29) is 0 Å². The lowest BCUT2D eigenvalue weighted by Gasteiger charge is -2.08. The second-order valence-electron chi connectivity index (χ2n) is 4.40. The van der Waals surface area contributed by atoms with Gasteiger partial charge in [0.15, 0.2) is 0 Å². The highest BCUT2D eigenvalue weighted by molar-refractivity contribution is 7.71. The SMILES string of the molecule is CCc1[nH]c(Cc2cc(F)cc(F)c2)nc(=S)c1C. The number of aromatic nitrogens is 2. The monoisotopic (exact) mass is 280 g/mol. The summed E-state index contributed by atoms with van der Waals surface area (Å²) in [4.78, 5) is 7.42. The number of aryl methyl sites for hydroxylation is 1. The van der Waals surface area contributed by atoms with Gasteiger partial charge in [0.25, 0.3) is 0 Å². The Morgan fingerprint density at radius 1 is 1.21 bits per heavy atom. The molecule has 0 fully saturated rings. The molecule has 1 N–H and O–H groups in total. The lowest BCUT2D eigenvalue weighted by atomic mass is 10.1. The second kappa shape index (κ2) is 5.57. The number of aromatic amines is 1. The fraction of sp³-hybridized carbons (Fsp3) is 0.286. The van der Waals surface area contributed by atoms with Gasteiger partial charge in [-0.1, -0.05) is 19.1 Å². The first-order valence-electron chi connectivity index (χ1n) is 6.03. The molecule has 0 aliphatic rings. The van der Waals surface area contributed by atoms with Crippen molar-refractivity contribution in [2.24, 2.45) is 0 Å². The van der Waals surface area contributed by atoms with E-state index in [1.54, 1.807) is 0 Å². The molecule has 0 amide bonds. The van der Waals surface area contributed by atoms with Crippen LogP contribution in [0.3, 0.4) is 0 Å². The summed E-state index contributed by atoms with van der Waals surface area (Å²) in [5.74, 6) is -0.551. The van der Waals surface area contributed by atoms with Gasteiger partial charge < -0.3 is 4.98 Å². The van der Waals surface area contributed by atoms with Crippen LogP contribution in [-0.4, -0.2) is 9.97 Å². The van der Waals surface area contributed by atoms with Crippen LogP contribution in [0.15, 0.2) is 18.2 Å². The molecule has 0 spiro atoms. The molecule has 5 heteroatoms. The van der Waals surface area contributed by atoms with Crippen molar-refractivity contribution in [1.82, 2.24) is 9.97 Å². The standard InChI is InChI=1S/C14H14F2N2S/c1-3-12-8(2)14(19)18-13(17-12)6-9-4-10(15)7-11(16)5-9/h4-5,7H,3,6H2,1-2H3,(H,17,18,19). The fourth-order valence-electron chi connectivity index (χ4n) is 1.98. The van der Waals surface area contributed by atoms with E-state index in [0.717, 1.165) is 23.7 Å². The molecular weight excluding hydrogens is 266 g/mol. The Labute approximate surface area is 115 Å². The molecule has 0 radical (unpaired) electrons. The molecule has 2 nitrogen and oxygen atoms in total. The molecule has 100 valence electrons. The zero-order valence-corrected chi connectivity index (χ0v) is 11.6. The molecule has 0 saturated carbocycles. The highest BCUT2D eigenvalue weighted by atomic mass is 32.1. The van der Waals surface area contributed by atoms with Gasteiger partial charge in [0.05, 0.1) is 0 Å². The topological polar surface area (TPSA) is 28.7 Å². The summed E-state index contributed by atoms with van der Waals surface area (Å²) < 4.78 is 26.8. The zero-order valence-electron chi connectivity index (χ0n) is 10.8. The third-order valence-electron chi connectivity index (χ3n) is 2.95. The number of nitrogens with zero attached hydrogens (tertiary/aromatic N) is 1. The molecule has 0 saturated heterocycles. The minimum Gasteiger partial charge on any atom is -0.347 e. The maximum absolute atomic E-state index is 13.1. The predicted octanol–water partition coefficient (Wildman–Crippen LogP) is 3.88. The van der Waals surface area contributed by atoms with Gasteiger partial charge in [0.2, 0.25) is 0 Å². The van der Waals surface area contributed by atoms with Gasteiger partial charge in [-0.05, 0) is 31.0 Å². The highest BCUT2D eigenvalue weighted by Gasteiger charge is 2.06. The maximum Gasteiger partial charge on any atom is 0.132 e. The number of hydrogen-bond acceptors (Lipinski definition) is 2. The fourth-order valence-corrected chi connectivity index (χ4v) is 2.21. The Hall–Kier alpha value is -1.62. The van der Waals surface area contributed by atoms with Gasteiger partial charge in [-0.15, -0.1) is 0 Å². The molecule has 2 rings (SSSR count). The summed E-state index contributed by atoms with van der Waals surface area (Å²) in [6, 6.07) is 3.45. The minimum atomic E-state index is -0.587. The predicted molar refractivity (Wildman–Crippen MR) is 72.7 cm³/mol. The van der Waals surface area contributed by atoms with Gasteiger partial charge in [0.1, 0.15) is 22.1 Å². The molecule has 2 aromatic rings. The Kier molecular flexibility index (Phi) is 4.04. The molecule has 0 aliphatic carbocycles. The van der Waals surface area contributed by atoms with Crippen molar-refractivity contribution in [2.75, 3.05) is 0 Å².